The number of carbonyl (C=O) groups is 6. The summed E-state index contributed by atoms with van der Waals surface area (Å²) in [6, 6.07) is 0. The Labute approximate surface area is 214 Å². The molecule has 0 aliphatic heterocycles. The van der Waals surface area contributed by atoms with Crippen molar-refractivity contribution in [3.05, 3.63) is 0 Å². The highest BCUT2D eigenvalue weighted by Crippen LogP contribution is 2.24. The van der Waals surface area contributed by atoms with Crippen LogP contribution in [0.15, 0.2) is 0 Å². The minimum atomic E-state index is -0.406. The van der Waals surface area contributed by atoms with Crippen molar-refractivity contribution >= 4 is 103 Å². The molecule has 184 valence electrons. The van der Waals surface area contributed by atoms with E-state index in [1.807, 2.05) is 0 Å². The van der Waals surface area contributed by atoms with Gasteiger partial charge in [0, 0.05) is 30.8 Å². The highest BCUT2D eigenvalue weighted by atomic mass is 33.1. The van der Waals surface area contributed by atoms with Gasteiger partial charge in [0.25, 0.3) is 0 Å². The van der Waals surface area contributed by atoms with Crippen molar-refractivity contribution in [2.24, 2.45) is 0 Å². The summed E-state index contributed by atoms with van der Waals surface area (Å²) < 4.78 is 8.79. The second-order valence-electron chi connectivity index (χ2n) is 5.45. The molecule has 0 amide bonds. The summed E-state index contributed by atoms with van der Waals surface area (Å²) in [5.41, 5.74) is 0. The molecule has 0 saturated carbocycles. The first-order valence-electron chi connectivity index (χ1n) is 9.11. The predicted molar refractivity (Wildman–Crippen MR) is 140 cm³/mol. The summed E-state index contributed by atoms with van der Waals surface area (Å²) in [5, 5.41) is -0.0463. The zero-order chi connectivity index (χ0) is 24.8. The zero-order valence-corrected chi connectivity index (χ0v) is 23.1. The maximum Gasteiger partial charge on any atom is 0.316 e. The first-order chi connectivity index (χ1) is 15.2. The molecule has 0 unspecified atom stereocenters. The molecule has 0 saturated heterocycles. The molecule has 0 heterocycles. The van der Waals surface area contributed by atoms with Crippen LogP contribution in [0.3, 0.4) is 0 Å². The highest BCUT2D eigenvalue weighted by Gasteiger charge is 2.08. The van der Waals surface area contributed by atoms with Crippen molar-refractivity contribution in [3.8, 4) is 0 Å². The van der Waals surface area contributed by atoms with Crippen LogP contribution in [0.5, 0.6) is 0 Å². The van der Waals surface area contributed by atoms with Gasteiger partial charge >= 0.3 is 11.9 Å². The second-order valence-corrected chi connectivity index (χ2v) is 11.7. The molecule has 0 N–H and O–H groups in total. The number of methoxy groups -OCH3 is 2. The first kappa shape index (κ1) is 33.9. The van der Waals surface area contributed by atoms with Gasteiger partial charge in [-0.25, -0.2) is 0 Å². The number of carbonyl (C=O) groups excluding carboxylic acids is 6. The van der Waals surface area contributed by atoms with Crippen molar-refractivity contribution in [1.29, 1.82) is 0 Å². The van der Waals surface area contributed by atoms with Crippen LogP contribution >= 0.6 is 69.5 Å². The Balaban J connectivity index is 0. The third kappa shape index (κ3) is 26.0. The second kappa shape index (κ2) is 23.9. The number of thiol groups is 1. The van der Waals surface area contributed by atoms with Gasteiger partial charge in [-0.15, -0.1) is 0 Å². The van der Waals surface area contributed by atoms with Gasteiger partial charge in [-0.3, -0.25) is 28.8 Å². The quantitative estimate of drug-likeness (QED) is 0.136. The fraction of sp³-hybridized carbons (Fsp3) is 0.667. The van der Waals surface area contributed by atoms with E-state index >= 15 is 0 Å². The smallest absolute Gasteiger partial charge is 0.316 e. The summed E-state index contributed by atoms with van der Waals surface area (Å²) in [4.78, 5) is 65.6. The van der Waals surface area contributed by atoms with E-state index in [1.54, 1.807) is 0 Å². The molecule has 32 heavy (non-hydrogen) atoms. The van der Waals surface area contributed by atoms with Gasteiger partial charge in [-0.05, 0) is 12.7 Å². The van der Waals surface area contributed by atoms with E-state index in [0.29, 0.717) is 36.5 Å². The molecule has 0 fully saturated rings. The predicted octanol–water partition coefficient (Wildman–Crippen LogP) is 3.17. The van der Waals surface area contributed by atoms with Gasteiger partial charge in [-0.1, -0.05) is 56.9 Å². The molecule has 0 spiro atoms. The third-order valence-electron chi connectivity index (χ3n) is 2.77. The number of hydrogen-bond acceptors (Lipinski definition) is 14. The van der Waals surface area contributed by atoms with Crippen LogP contribution in [-0.4, -0.2) is 81.8 Å². The Bertz CT molecular complexity index is 614. The molecule has 0 aliphatic rings. The first-order valence-corrected chi connectivity index (χ1v) is 15.2. The van der Waals surface area contributed by atoms with Gasteiger partial charge in [0.05, 0.1) is 31.5 Å². The Morgan fingerprint density at radius 2 is 1.03 bits per heavy atom. The molecule has 0 rings (SSSR count). The van der Waals surface area contributed by atoms with Gasteiger partial charge < -0.3 is 9.47 Å². The molecule has 0 atom stereocenters. The lowest BCUT2D eigenvalue weighted by molar-refractivity contribution is -0.138. The van der Waals surface area contributed by atoms with Crippen LogP contribution in [0.2, 0.25) is 0 Å². The number of hydrogen-bond donors (Lipinski definition) is 1. The monoisotopic (exact) mass is 564 g/mol. The Kier molecular flexibility index (Phi) is 25.3. The lowest BCUT2D eigenvalue weighted by Gasteiger charge is -2.01. The maximum absolute atomic E-state index is 11.4. The maximum atomic E-state index is 11.4. The van der Waals surface area contributed by atoms with Crippen LogP contribution in [0.25, 0.3) is 0 Å². The number of rotatable bonds is 15. The lowest BCUT2D eigenvalue weighted by atomic mass is 10.5. The summed E-state index contributed by atoms with van der Waals surface area (Å²) in [6.45, 7) is 1.46. The van der Waals surface area contributed by atoms with Crippen molar-refractivity contribution in [3.63, 3.8) is 0 Å². The van der Waals surface area contributed by atoms with Crippen LogP contribution in [0, 0.1) is 0 Å². The Morgan fingerprint density at radius 3 is 1.38 bits per heavy atom. The Morgan fingerprint density at radius 1 is 0.656 bits per heavy atom. The molecule has 0 aromatic heterocycles. The minimum absolute atomic E-state index is 0.00153. The van der Waals surface area contributed by atoms with Gasteiger partial charge in [0.2, 0.25) is 0 Å². The van der Waals surface area contributed by atoms with Crippen molar-refractivity contribution in [2.45, 2.75) is 26.2 Å². The largest absolute Gasteiger partial charge is 0.468 e. The van der Waals surface area contributed by atoms with E-state index in [1.165, 1.54) is 42.7 Å². The average molecular weight is 565 g/mol. The van der Waals surface area contributed by atoms with Crippen LogP contribution < -0.4 is 0 Å². The molecule has 0 radical (unpaired) electrons. The van der Waals surface area contributed by atoms with Gasteiger partial charge in [0.15, 0.2) is 15.3 Å². The molecule has 14 heteroatoms. The van der Waals surface area contributed by atoms with Crippen molar-refractivity contribution < 1.29 is 38.2 Å². The number of Topliss-reactive ketones (excluding diaryl/α,β-unsaturated/α-hetero) is 1. The summed E-state index contributed by atoms with van der Waals surface area (Å²) in [6.07, 6.45) is 1.19. The van der Waals surface area contributed by atoms with E-state index in [9.17, 15) is 28.8 Å². The highest BCUT2D eigenvalue weighted by molar-refractivity contribution is 8.76. The third-order valence-corrected chi connectivity index (χ3v) is 8.29. The van der Waals surface area contributed by atoms with E-state index in [2.05, 4.69) is 22.1 Å². The zero-order valence-electron chi connectivity index (χ0n) is 18.1. The molecule has 0 bridgehead atoms. The summed E-state index contributed by atoms with van der Waals surface area (Å²) in [5.74, 6) is 1.44. The minimum Gasteiger partial charge on any atom is -0.468 e. The van der Waals surface area contributed by atoms with Crippen LogP contribution in [0.1, 0.15) is 26.2 Å². The average Bonchev–Trinajstić information content (AvgIpc) is 2.77. The van der Waals surface area contributed by atoms with Crippen LogP contribution in [-0.2, 0) is 38.2 Å². The van der Waals surface area contributed by atoms with Gasteiger partial charge in [-0.2, -0.15) is 12.6 Å². The van der Waals surface area contributed by atoms with E-state index in [4.69, 9.17) is 0 Å². The normalized spacial score (nSPS) is 9.88. The molecule has 0 aromatic rings. The number of ketones is 1. The van der Waals surface area contributed by atoms with E-state index < -0.39 is 5.97 Å². The molecule has 8 nitrogen and oxygen atoms in total. The molecule has 0 aromatic carbocycles. The molecular weight excluding hydrogens is 537 g/mol. The number of thioether (sulfide) groups is 3. The molecule has 0 aliphatic carbocycles. The molecular formula is C18H28O8S6. The van der Waals surface area contributed by atoms with E-state index in [0.717, 1.165) is 35.3 Å². The fourth-order valence-electron chi connectivity index (χ4n) is 1.25. The Hall–Kier alpha value is -0.280. The number of esters is 2. The summed E-state index contributed by atoms with van der Waals surface area (Å²) in [7, 11) is 5.64. The van der Waals surface area contributed by atoms with Crippen molar-refractivity contribution in [2.75, 3.05) is 48.7 Å². The van der Waals surface area contributed by atoms with Gasteiger partial charge in [0.1, 0.15) is 5.78 Å². The van der Waals surface area contributed by atoms with Crippen molar-refractivity contribution in [1.82, 2.24) is 0 Å². The fourth-order valence-corrected chi connectivity index (χ4v) is 5.74. The standard InChI is InChI=1S/C12H18O5S4.C6H10O3S2/c1-9(13)7-18-11(15)3-5-20-21-6-4-12(16)19-8-10(14)17-2;1-9-5(7)4-11-6(8)2-3-10/h3-8H2,1-2H3;10H,2-4H2,1H3. The van der Waals surface area contributed by atoms with E-state index in [-0.39, 0.29) is 44.4 Å². The van der Waals surface area contributed by atoms with Crippen LogP contribution in [0.4, 0.5) is 0 Å². The SMILES string of the molecule is COC(=O)CSC(=O)CCS.COC(=O)CSC(=O)CCSSCCC(=O)SCC(C)=O. The lowest BCUT2D eigenvalue weighted by Crippen LogP contribution is -2.06. The number of ether oxygens (including phenoxy) is 2. The topological polar surface area (TPSA) is 121 Å². The summed E-state index contributed by atoms with van der Waals surface area (Å²) >= 11 is 6.86.